The van der Waals surface area contributed by atoms with Gasteiger partial charge in [0.15, 0.2) is 5.17 Å². The number of hydrogen-bond donors (Lipinski definition) is 0. The van der Waals surface area contributed by atoms with Crippen LogP contribution in [-0.4, -0.2) is 29.1 Å². The van der Waals surface area contributed by atoms with Crippen LogP contribution < -0.4 is 9.64 Å². The number of thioether (sulfide) groups is 1. The summed E-state index contributed by atoms with van der Waals surface area (Å²) in [5.74, 6) is 1.23. The summed E-state index contributed by atoms with van der Waals surface area (Å²) in [6.45, 7) is 0.573. The van der Waals surface area contributed by atoms with E-state index in [1.165, 1.54) is 11.8 Å². The predicted molar refractivity (Wildman–Crippen MR) is 114 cm³/mol. The molecular formula is C22H17N3O2S. The lowest BCUT2D eigenvalue weighted by molar-refractivity contribution is -0.115. The van der Waals surface area contributed by atoms with Crippen LogP contribution in [0.15, 0.2) is 76.9 Å². The Morgan fingerprint density at radius 3 is 2.64 bits per heavy atom. The fourth-order valence-electron chi connectivity index (χ4n) is 3.52. The third-order valence-electron chi connectivity index (χ3n) is 4.81. The van der Waals surface area contributed by atoms with Gasteiger partial charge in [-0.05, 0) is 29.0 Å². The van der Waals surface area contributed by atoms with Crippen molar-refractivity contribution in [3.8, 4) is 5.75 Å². The molecule has 1 saturated heterocycles. The molecule has 3 aromatic rings. The number of ether oxygens (including phenoxy) is 1. The minimum Gasteiger partial charge on any atom is -0.492 e. The summed E-state index contributed by atoms with van der Waals surface area (Å²) in [6, 6.07) is 21.8. The lowest BCUT2D eigenvalue weighted by atomic mass is 9.97. The fourth-order valence-corrected chi connectivity index (χ4v) is 4.34. The van der Waals surface area contributed by atoms with Crippen molar-refractivity contribution in [1.29, 1.82) is 0 Å². The van der Waals surface area contributed by atoms with Gasteiger partial charge in [-0.3, -0.25) is 9.69 Å². The van der Waals surface area contributed by atoms with Crippen LogP contribution in [0.3, 0.4) is 0 Å². The molecule has 2 aliphatic rings. The number of benzene rings is 3. The molecule has 0 radical (unpaired) electrons. The van der Waals surface area contributed by atoms with Crippen LogP contribution in [0.5, 0.6) is 5.75 Å². The Morgan fingerprint density at radius 1 is 0.929 bits per heavy atom. The predicted octanol–water partition coefficient (Wildman–Crippen LogP) is 4.46. The van der Waals surface area contributed by atoms with Crippen LogP contribution in [0.2, 0.25) is 0 Å². The van der Waals surface area contributed by atoms with Gasteiger partial charge in [-0.15, -0.1) is 5.10 Å². The molecule has 0 N–H and O–H groups in total. The highest BCUT2D eigenvalue weighted by Gasteiger charge is 2.30. The summed E-state index contributed by atoms with van der Waals surface area (Å²) in [5, 5.41) is 11.9. The number of fused-ring (bicyclic) bond motifs is 3. The van der Waals surface area contributed by atoms with Gasteiger partial charge >= 0.3 is 0 Å². The zero-order chi connectivity index (χ0) is 18.9. The highest BCUT2D eigenvalue weighted by atomic mass is 32.2. The summed E-state index contributed by atoms with van der Waals surface area (Å²) in [7, 11) is 0. The number of carbonyl (C=O) groups excluding carboxylic acids is 1. The monoisotopic (exact) mass is 387 g/mol. The van der Waals surface area contributed by atoms with Crippen molar-refractivity contribution in [3.05, 3.63) is 72.3 Å². The van der Waals surface area contributed by atoms with E-state index in [-0.39, 0.29) is 5.91 Å². The number of carbonyl (C=O) groups is 1. The van der Waals surface area contributed by atoms with E-state index in [9.17, 15) is 4.79 Å². The molecule has 2 heterocycles. The van der Waals surface area contributed by atoms with Crippen LogP contribution in [0.25, 0.3) is 10.8 Å². The van der Waals surface area contributed by atoms with Crippen molar-refractivity contribution in [2.45, 2.75) is 6.42 Å². The zero-order valence-electron chi connectivity index (χ0n) is 15.0. The number of nitrogens with zero attached hydrogens (tertiary/aromatic N) is 3. The van der Waals surface area contributed by atoms with Gasteiger partial charge in [0.05, 0.1) is 23.8 Å². The van der Waals surface area contributed by atoms with E-state index in [1.807, 2.05) is 48.5 Å². The molecule has 5 rings (SSSR count). The summed E-state index contributed by atoms with van der Waals surface area (Å²) in [4.78, 5) is 14.0. The first-order valence-corrected chi connectivity index (χ1v) is 10.1. The third kappa shape index (κ3) is 2.96. The summed E-state index contributed by atoms with van der Waals surface area (Å²) in [6.07, 6.45) is 0.682. The Morgan fingerprint density at radius 2 is 1.75 bits per heavy atom. The first-order chi connectivity index (χ1) is 13.8. The lowest BCUT2D eigenvalue weighted by Gasteiger charge is -2.20. The second-order valence-electron chi connectivity index (χ2n) is 6.54. The molecular weight excluding hydrogens is 370 g/mol. The Balaban J connectivity index is 1.58. The van der Waals surface area contributed by atoms with Crippen LogP contribution in [-0.2, 0) is 4.79 Å². The lowest BCUT2D eigenvalue weighted by Crippen LogP contribution is -2.29. The van der Waals surface area contributed by atoms with Crippen molar-refractivity contribution in [2.24, 2.45) is 10.2 Å². The maximum absolute atomic E-state index is 12.4. The van der Waals surface area contributed by atoms with Gasteiger partial charge < -0.3 is 4.74 Å². The highest BCUT2D eigenvalue weighted by molar-refractivity contribution is 8.15. The second-order valence-corrected chi connectivity index (χ2v) is 7.48. The molecule has 0 aromatic heterocycles. The maximum Gasteiger partial charge on any atom is 0.243 e. The SMILES string of the molecule is O=C1CS/C(=N\N=C2\CCOc3ccc4ccccc4c32)N1c1ccccc1. The van der Waals surface area contributed by atoms with Crippen molar-refractivity contribution in [1.82, 2.24) is 0 Å². The maximum atomic E-state index is 12.4. The summed E-state index contributed by atoms with van der Waals surface area (Å²) in [5.41, 5.74) is 2.70. The average molecular weight is 387 g/mol. The normalized spacial score (nSPS) is 19.3. The molecule has 28 heavy (non-hydrogen) atoms. The van der Waals surface area contributed by atoms with Gasteiger partial charge in [-0.1, -0.05) is 60.3 Å². The van der Waals surface area contributed by atoms with Gasteiger partial charge in [0, 0.05) is 12.0 Å². The minimum absolute atomic E-state index is 0.0213. The number of amidine groups is 1. The number of amides is 1. The largest absolute Gasteiger partial charge is 0.492 e. The molecule has 0 unspecified atom stereocenters. The molecule has 0 spiro atoms. The summed E-state index contributed by atoms with van der Waals surface area (Å²) >= 11 is 1.41. The minimum atomic E-state index is 0.0213. The van der Waals surface area contributed by atoms with Gasteiger partial charge in [-0.25, -0.2) is 0 Å². The van der Waals surface area contributed by atoms with E-state index in [2.05, 4.69) is 28.4 Å². The Kier molecular flexibility index (Phi) is 4.33. The van der Waals surface area contributed by atoms with Crippen LogP contribution in [0.1, 0.15) is 12.0 Å². The second kappa shape index (κ2) is 7.13. The van der Waals surface area contributed by atoms with Crippen molar-refractivity contribution < 1.29 is 9.53 Å². The van der Waals surface area contributed by atoms with E-state index < -0.39 is 0 Å². The van der Waals surface area contributed by atoms with E-state index in [1.54, 1.807) is 4.90 Å². The molecule has 1 fully saturated rings. The highest BCUT2D eigenvalue weighted by Crippen LogP contribution is 2.33. The van der Waals surface area contributed by atoms with Gasteiger partial charge in [0.2, 0.25) is 5.91 Å². The van der Waals surface area contributed by atoms with Crippen LogP contribution in [0.4, 0.5) is 5.69 Å². The number of hydrogen-bond acceptors (Lipinski definition) is 5. The Bertz CT molecular complexity index is 1130. The average Bonchev–Trinajstić information content (AvgIpc) is 3.13. The van der Waals surface area contributed by atoms with Crippen LogP contribution >= 0.6 is 11.8 Å². The Hall–Kier alpha value is -3.12. The Labute approximate surface area is 166 Å². The standard InChI is InChI=1S/C22H17N3O2S/c26-20-14-28-22(25(20)16-7-2-1-3-8-16)24-23-18-12-13-27-19-11-10-15-6-4-5-9-17(15)21(18)19/h1-11H,12-14H2/b23-18-,24-22-. The van der Waals surface area contributed by atoms with Gasteiger partial charge in [0.1, 0.15) is 5.75 Å². The number of anilines is 1. The molecule has 0 aliphatic carbocycles. The van der Waals surface area contributed by atoms with Crippen molar-refractivity contribution in [2.75, 3.05) is 17.3 Å². The summed E-state index contributed by atoms with van der Waals surface area (Å²) < 4.78 is 5.84. The molecule has 5 nitrogen and oxygen atoms in total. The van der Waals surface area contributed by atoms with E-state index in [0.717, 1.165) is 33.5 Å². The third-order valence-corrected chi connectivity index (χ3v) is 5.73. The quantitative estimate of drug-likeness (QED) is 0.610. The van der Waals surface area contributed by atoms with Crippen molar-refractivity contribution >= 4 is 45.0 Å². The number of rotatable bonds is 2. The van der Waals surface area contributed by atoms with Gasteiger partial charge in [-0.2, -0.15) is 5.10 Å². The molecule has 6 heteroatoms. The fraction of sp³-hybridized carbons (Fsp3) is 0.136. The molecule has 1 amide bonds. The molecule has 2 aliphatic heterocycles. The zero-order valence-corrected chi connectivity index (χ0v) is 15.9. The van der Waals surface area contributed by atoms with E-state index in [4.69, 9.17) is 4.74 Å². The van der Waals surface area contributed by atoms with Gasteiger partial charge in [0.25, 0.3) is 0 Å². The van der Waals surface area contributed by atoms with Crippen molar-refractivity contribution in [3.63, 3.8) is 0 Å². The first kappa shape index (κ1) is 17.0. The van der Waals surface area contributed by atoms with E-state index >= 15 is 0 Å². The van der Waals surface area contributed by atoms with Crippen LogP contribution in [0, 0.1) is 0 Å². The van der Waals surface area contributed by atoms with E-state index in [0.29, 0.717) is 23.9 Å². The molecule has 0 saturated carbocycles. The topological polar surface area (TPSA) is 54.3 Å². The smallest absolute Gasteiger partial charge is 0.243 e. The molecule has 138 valence electrons. The molecule has 0 bridgehead atoms. The first-order valence-electron chi connectivity index (χ1n) is 9.11. The molecule has 3 aromatic carbocycles. The molecule has 0 atom stereocenters. The number of para-hydroxylation sites is 1.